The van der Waals surface area contributed by atoms with Crippen LogP contribution in [0.15, 0.2) is 144 Å². The number of rotatable bonds is 12. The van der Waals surface area contributed by atoms with Crippen molar-refractivity contribution in [1.82, 2.24) is 5.32 Å². The number of carbonyl (C=O) groups excluding carboxylic acids is 4. The molecule has 0 radical (unpaired) electrons. The second kappa shape index (κ2) is 18.4. The Kier molecular flexibility index (Phi) is 13.0. The van der Waals surface area contributed by atoms with E-state index in [4.69, 9.17) is 23.2 Å². The summed E-state index contributed by atoms with van der Waals surface area (Å²) in [6.07, 6.45) is 1.46. The van der Waals surface area contributed by atoms with Crippen LogP contribution in [0.1, 0.15) is 47.5 Å². The first-order chi connectivity index (χ1) is 27.1. The zero-order valence-corrected chi connectivity index (χ0v) is 32.7. The van der Waals surface area contributed by atoms with Gasteiger partial charge >= 0.3 is 0 Å². The van der Waals surface area contributed by atoms with Crippen molar-refractivity contribution in [1.29, 1.82) is 5.26 Å². The van der Waals surface area contributed by atoms with E-state index < -0.39 is 28.9 Å². The second-order valence-electron chi connectivity index (χ2n) is 12.1. The third kappa shape index (κ3) is 9.92. The third-order valence-electron chi connectivity index (χ3n) is 8.21. The molecule has 4 amide bonds. The van der Waals surface area contributed by atoms with E-state index in [1.807, 2.05) is 36.4 Å². The monoisotopic (exact) mass is 815 g/mol. The van der Waals surface area contributed by atoms with Gasteiger partial charge in [0.05, 0.1) is 10.4 Å². The van der Waals surface area contributed by atoms with Gasteiger partial charge in [0.25, 0.3) is 17.7 Å². The fraction of sp³-hybridized carbons (Fsp3) is 0.0465. The predicted octanol–water partition coefficient (Wildman–Crippen LogP) is 10.4. The van der Waals surface area contributed by atoms with Gasteiger partial charge in [-0.2, -0.15) is 5.26 Å². The van der Waals surface area contributed by atoms with Crippen LogP contribution in [-0.2, 0) is 9.59 Å². The molecule has 278 valence electrons. The molecule has 1 atom stereocenters. The molecule has 0 saturated carbocycles. The van der Waals surface area contributed by atoms with Crippen molar-refractivity contribution in [2.45, 2.75) is 17.1 Å². The Morgan fingerprint density at radius 1 is 0.750 bits per heavy atom. The van der Waals surface area contributed by atoms with Gasteiger partial charge in [-0.3, -0.25) is 19.2 Å². The average Bonchev–Trinajstić information content (AvgIpc) is 3.52. The quantitative estimate of drug-likeness (QED) is 0.0716. The van der Waals surface area contributed by atoms with Crippen LogP contribution in [-0.4, -0.2) is 23.6 Å². The Bertz CT molecular complexity index is 2490. The van der Waals surface area contributed by atoms with E-state index in [2.05, 4.69) is 27.3 Å². The number of nitrogens with zero attached hydrogens (tertiary/aromatic N) is 1. The molecule has 1 heterocycles. The van der Waals surface area contributed by atoms with E-state index in [0.717, 1.165) is 11.3 Å². The first kappa shape index (κ1) is 39.5. The molecule has 0 spiro atoms. The van der Waals surface area contributed by atoms with Crippen molar-refractivity contribution in [3.05, 3.63) is 182 Å². The summed E-state index contributed by atoms with van der Waals surface area (Å²) in [5.74, 6) is -1.93. The Labute approximate surface area is 341 Å². The molecule has 4 N–H and O–H groups in total. The number of carbonyl (C=O) groups is 4. The largest absolute Gasteiger partial charge is 0.321 e. The van der Waals surface area contributed by atoms with Gasteiger partial charge in [0.1, 0.15) is 22.0 Å². The summed E-state index contributed by atoms with van der Waals surface area (Å²) < 4.78 is 0. The van der Waals surface area contributed by atoms with Crippen molar-refractivity contribution < 1.29 is 19.2 Å². The van der Waals surface area contributed by atoms with Crippen molar-refractivity contribution in [3.63, 3.8) is 0 Å². The standard InChI is InChI=1S/C43H31Cl2N5O4S2/c1-26-34(25-46)43(56-37(26)41(53)47-31-16-9-4-10-17-31)50-42(54)38(27-12-5-2-6-13-27)55-33-19-11-18-32(24-33)48-40(52)36(22-29-20-21-30(44)23-35(29)45)49-39(51)28-14-7-3-8-15-28/h2-24,38H,1H3,(H,47,53)(H,48,52)(H,49,51)(H,50,54)/b36-22+. The maximum atomic E-state index is 14.1. The molecule has 1 unspecified atom stereocenters. The molecule has 6 rings (SSSR count). The van der Waals surface area contributed by atoms with Gasteiger partial charge in [-0.25, -0.2) is 0 Å². The van der Waals surface area contributed by atoms with E-state index >= 15 is 0 Å². The lowest BCUT2D eigenvalue weighted by atomic mass is 10.1. The molecule has 0 saturated heterocycles. The topological polar surface area (TPSA) is 140 Å². The van der Waals surface area contributed by atoms with Crippen LogP contribution in [0.5, 0.6) is 0 Å². The highest BCUT2D eigenvalue weighted by molar-refractivity contribution is 8.00. The van der Waals surface area contributed by atoms with Crippen molar-refractivity contribution in [2.24, 2.45) is 0 Å². The van der Waals surface area contributed by atoms with Crippen molar-refractivity contribution in [2.75, 3.05) is 16.0 Å². The second-order valence-corrected chi connectivity index (χ2v) is 15.2. The van der Waals surface area contributed by atoms with E-state index in [1.54, 1.807) is 97.9 Å². The number of benzene rings is 5. The van der Waals surface area contributed by atoms with Crippen LogP contribution in [0.3, 0.4) is 0 Å². The van der Waals surface area contributed by atoms with Crippen LogP contribution in [0.2, 0.25) is 10.0 Å². The first-order valence-corrected chi connectivity index (χ1v) is 19.4. The number of nitriles is 1. The Morgan fingerprint density at radius 3 is 2.09 bits per heavy atom. The minimum atomic E-state index is -0.801. The lowest BCUT2D eigenvalue weighted by Crippen LogP contribution is -2.30. The molecule has 9 nitrogen and oxygen atoms in total. The summed E-state index contributed by atoms with van der Waals surface area (Å²) in [6, 6.07) is 40.4. The van der Waals surface area contributed by atoms with E-state index in [9.17, 15) is 24.4 Å². The molecule has 1 aromatic heterocycles. The van der Waals surface area contributed by atoms with Gasteiger partial charge in [0.15, 0.2) is 0 Å². The number of thioether (sulfide) groups is 1. The highest BCUT2D eigenvalue weighted by atomic mass is 35.5. The molecular weight excluding hydrogens is 786 g/mol. The lowest BCUT2D eigenvalue weighted by molar-refractivity contribution is -0.116. The van der Waals surface area contributed by atoms with E-state index in [0.29, 0.717) is 48.4 Å². The molecule has 5 aromatic carbocycles. The van der Waals surface area contributed by atoms with E-state index in [-0.39, 0.29) is 21.3 Å². The Hall–Kier alpha value is -6.16. The predicted molar refractivity (Wildman–Crippen MR) is 225 cm³/mol. The number of hydrogen-bond acceptors (Lipinski definition) is 7. The van der Waals surface area contributed by atoms with Gasteiger partial charge in [-0.05, 0) is 84.3 Å². The minimum Gasteiger partial charge on any atom is -0.321 e. The van der Waals surface area contributed by atoms with Crippen LogP contribution in [0.25, 0.3) is 6.08 Å². The van der Waals surface area contributed by atoms with Gasteiger partial charge < -0.3 is 21.3 Å². The normalized spacial score (nSPS) is 11.5. The maximum Gasteiger partial charge on any atom is 0.272 e. The maximum absolute atomic E-state index is 14.1. The van der Waals surface area contributed by atoms with Crippen LogP contribution >= 0.6 is 46.3 Å². The smallest absolute Gasteiger partial charge is 0.272 e. The molecule has 0 fully saturated rings. The van der Waals surface area contributed by atoms with Gasteiger partial charge in [0, 0.05) is 31.9 Å². The Balaban J connectivity index is 1.24. The molecular formula is C43H31Cl2N5O4S2. The zero-order valence-electron chi connectivity index (χ0n) is 29.5. The number of thiophene rings is 1. The molecule has 0 aliphatic carbocycles. The summed E-state index contributed by atoms with van der Waals surface area (Å²) in [6.45, 7) is 1.67. The van der Waals surface area contributed by atoms with Gasteiger partial charge in [0.2, 0.25) is 5.91 Å². The summed E-state index contributed by atoms with van der Waals surface area (Å²) in [5, 5.41) is 21.5. The number of amides is 4. The van der Waals surface area contributed by atoms with Crippen LogP contribution in [0.4, 0.5) is 16.4 Å². The summed E-state index contributed by atoms with van der Waals surface area (Å²) in [4.78, 5) is 55.2. The molecule has 13 heteroatoms. The molecule has 56 heavy (non-hydrogen) atoms. The average molecular weight is 817 g/mol. The van der Waals surface area contributed by atoms with Crippen molar-refractivity contribution >= 4 is 92.4 Å². The summed E-state index contributed by atoms with van der Waals surface area (Å²) in [5.41, 5.74) is 3.08. The number of para-hydroxylation sites is 1. The fourth-order valence-corrected chi connectivity index (χ4v) is 8.04. The van der Waals surface area contributed by atoms with Crippen molar-refractivity contribution in [3.8, 4) is 6.07 Å². The zero-order chi connectivity index (χ0) is 39.6. The summed E-state index contributed by atoms with van der Waals surface area (Å²) >= 11 is 14.8. The molecule has 6 aromatic rings. The molecule has 0 aliphatic rings. The van der Waals surface area contributed by atoms with Crippen LogP contribution < -0.4 is 21.3 Å². The fourth-order valence-electron chi connectivity index (χ4n) is 5.44. The number of hydrogen-bond donors (Lipinski definition) is 4. The van der Waals surface area contributed by atoms with Gasteiger partial charge in [-0.15, -0.1) is 23.1 Å². The number of halogens is 2. The lowest BCUT2D eigenvalue weighted by Gasteiger charge is -2.17. The SMILES string of the molecule is Cc1c(C(=O)Nc2ccccc2)sc(NC(=O)C(Sc2cccc(NC(=O)/C(=C\c3ccc(Cl)cc3Cl)NC(=O)c3ccccc3)c2)c2ccccc2)c1C#N. The minimum absolute atomic E-state index is 0.0703. The highest BCUT2D eigenvalue weighted by Gasteiger charge is 2.27. The van der Waals surface area contributed by atoms with Crippen LogP contribution in [0, 0.1) is 18.3 Å². The highest BCUT2D eigenvalue weighted by Crippen LogP contribution is 2.39. The summed E-state index contributed by atoms with van der Waals surface area (Å²) in [7, 11) is 0. The number of nitrogens with one attached hydrogen (secondary N) is 4. The van der Waals surface area contributed by atoms with E-state index in [1.165, 1.54) is 23.9 Å². The number of anilines is 3. The van der Waals surface area contributed by atoms with Gasteiger partial charge in [-0.1, -0.05) is 102 Å². The molecule has 0 aliphatic heterocycles. The molecule has 0 bridgehead atoms. The first-order valence-electron chi connectivity index (χ1n) is 17.0. The Morgan fingerprint density at radius 2 is 1.41 bits per heavy atom. The third-order valence-corrected chi connectivity index (χ3v) is 11.2.